The number of nitrogens with two attached hydrogens (primary N) is 3. The van der Waals surface area contributed by atoms with Crippen LogP contribution in [0.4, 0.5) is 21.2 Å². The van der Waals surface area contributed by atoms with Gasteiger partial charge in [0.15, 0.2) is 11.6 Å². The Balaban J connectivity index is 0.000000335. The number of carbonyl (C=O) groups is 8. The number of carboxylic acid groups (broad SMARTS) is 1. The number of aromatic nitrogens is 2. The summed E-state index contributed by atoms with van der Waals surface area (Å²) in [6.45, 7) is 15.1. The molecular weight excluding hydrogens is 1070 g/mol. The van der Waals surface area contributed by atoms with Crippen molar-refractivity contribution in [3.63, 3.8) is 0 Å². The average Bonchev–Trinajstić information content (AvgIpc) is 3.55. The third-order valence-electron chi connectivity index (χ3n) is 12.5. The summed E-state index contributed by atoms with van der Waals surface area (Å²) in [7, 11) is 0. The van der Waals surface area contributed by atoms with E-state index >= 15 is 0 Å². The molecular formula is C63H86N10O11. The predicted molar refractivity (Wildman–Crippen MR) is 323 cm³/mol. The van der Waals surface area contributed by atoms with Gasteiger partial charge in [0, 0.05) is 25.2 Å². The van der Waals surface area contributed by atoms with Crippen molar-refractivity contribution in [1.82, 2.24) is 36.6 Å². The highest BCUT2D eigenvalue weighted by molar-refractivity contribution is 5.92. The number of carboxylic acids is 1. The quantitative estimate of drug-likeness (QED) is 0.0271. The number of amides is 5. The van der Waals surface area contributed by atoms with Gasteiger partial charge in [-0.05, 0) is 166 Å². The highest BCUT2D eigenvalue weighted by atomic mass is 16.6. The number of ketones is 2. The molecule has 0 saturated carbocycles. The number of nitrogens with one attached hydrogen (secondary N) is 5. The van der Waals surface area contributed by atoms with Crippen molar-refractivity contribution >= 4 is 59.1 Å². The number of carbonyl (C=O) groups excluding carboxylic acids is 7. The van der Waals surface area contributed by atoms with E-state index in [2.05, 4.69) is 36.6 Å². The summed E-state index contributed by atoms with van der Waals surface area (Å²) < 4.78 is 10.5. The number of anilines is 2. The molecule has 12 N–H and O–H groups in total. The number of ether oxygens (including phenoxy) is 2. The number of aliphatic carboxylic acids is 1. The van der Waals surface area contributed by atoms with E-state index in [-0.39, 0.29) is 23.9 Å². The topological polar surface area (TPSA) is 339 Å². The van der Waals surface area contributed by atoms with E-state index in [0.717, 1.165) is 34.2 Å². The third kappa shape index (κ3) is 29.3. The molecule has 2 aromatic heterocycles. The summed E-state index contributed by atoms with van der Waals surface area (Å²) in [5.41, 5.74) is 20.9. The lowest BCUT2D eigenvalue weighted by molar-refractivity contribution is -0.141. The highest BCUT2D eigenvalue weighted by Crippen LogP contribution is 2.14. The van der Waals surface area contributed by atoms with Crippen LogP contribution in [0.25, 0.3) is 0 Å². The second kappa shape index (κ2) is 35.3. The molecule has 21 nitrogen and oxygen atoms in total. The summed E-state index contributed by atoms with van der Waals surface area (Å²) >= 11 is 0. The standard InChI is InChI=1S/C25H34N4O4.C20H26N4O2.C18H26N2O5/c1-17(21(30)13-11-19-14-15-27-22(26)16-19)28-23(31)20(29-24(32)33-25(2,3)4)12-10-18-8-6-5-7-9-18;1-14(18(25)10-8-16-11-12-23-19(22)13-16)24-20(26)17(21)9-7-15-5-3-2-4-6-15;1-12(16(22)23)19-15(21)14(20-17(24)25-18(2,3)4)11-10-13-8-6-5-7-9-13/h5-9,14-17,20H,10-13H2,1-4H3,(H2,26,27)(H,28,31)(H,29,32);2-6,11-14,17H,7-10,21H2,1H3,(H2,22,23)(H,24,26);5-9,12,14H,10-11H2,1-4H3,(H,19,21)(H,20,24)(H,22,23)/t17-,20+;14-,17+;12-,14+/m000/s1. The van der Waals surface area contributed by atoms with Crippen molar-refractivity contribution in [3.05, 3.63) is 155 Å². The van der Waals surface area contributed by atoms with Crippen LogP contribution in [0, 0.1) is 0 Å². The molecule has 0 saturated heterocycles. The van der Waals surface area contributed by atoms with E-state index in [9.17, 15) is 38.4 Å². The molecule has 0 unspecified atom stereocenters. The van der Waals surface area contributed by atoms with E-state index in [1.807, 2.05) is 97.1 Å². The molecule has 0 radical (unpaired) electrons. The zero-order valence-corrected chi connectivity index (χ0v) is 49.8. The highest BCUT2D eigenvalue weighted by Gasteiger charge is 2.29. The Labute approximate surface area is 493 Å². The fourth-order valence-corrected chi connectivity index (χ4v) is 7.89. The monoisotopic (exact) mass is 1160 g/mol. The second-order valence-electron chi connectivity index (χ2n) is 22.2. The minimum atomic E-state index is -1.15. The van der Waals surface area contributed by atoms with Gasteiger partial charge >= 0.3 is 18.2 Å². The smallest absolute Gasteiger partial charge is 0.408 e. The van der Waals surface area contributed by atoms with E-state index < -0.39 is 77.4 Å². The SMILES string of the molecule is C[C@H](NC(=O)[C@@H](CCc1ccccc1)NC(=O)OC(C)(C)C)C(=O)CCc1ccnc(N)c1.C[C@H](NC(=O)[C@@H](CCc1ccccc1)NC(=O)OC(C)(C)C)C(=O)O.C[C@H](NC(=O)[C@H](N)CCc1ccccc1)C(=O)CCc1ccnc(N)c1. The summed E-state index contributed by atoms with van der Waals surface area (Å²) in [6, 6.07) is 31.5. The Bertz CT molecular complexity index is 2880. The predicted octanol–water partition coefficient (Wildman–Crippen LogP) is 6.93. The molecule has 0 bridgehead atoms. The Morgan fingerprint density at radius 1 is 0.464 bits per heavy atom. The first-order chi connectivity index (χ1) is 39.6. The van der Waals surface area contributed by atoms with Crippen LogP contribution in [0.3, 0.4) is 0 Å². The molecule has 0 spiro atoms. The van der Waals surface area contributed by atoms with Crippen LogP contribution in [-0.2, 0) is 70.3 Å². The zero-order valence-electron chi connectivity index (χ0n) is 49.8. The van der Waals surface area contributed by atoms with Crippen LogP contribution < -0.4 is 43.8 Å². The number of aryl methyl sites for hydroxylation is 5. The molecule has 5 aromatic rings. The van der Waals surface area contributed by atoms with Crippen molar-refractivity contribution < 1.29 is 52.9 Å². The Kier molecular flexibility index (Phi) is 29.2. The number of Topliss-reactive ketones (excluding diaryl/α,β-unsaturated/α-hetero) is 2. The molecule has 21 heteroatoms. The molecule has 5 amide bonds. The number of pyridine rings is 2. The van der Waals surface area contributed by atoms with E-state index in [4.69, 9.17) is 31.8 Å². The largest absolute Gasteiger partial charge is 0.480 e. The number of rotatable bonds is 26. The van der Waals surface area contributed by atoms with E-state index in [1.165, 1.54) is 6.92 Å². The van der Waals surface area contributed by atoms with Crippen molar-refractivity contribution in [2.24, 2.45) is 5.73 Å². The minimum absolute atomic E-state index is 0.0380. The van der Waals surface area contributed by atoms with Gasteiger partial charge in [0.25, 0.3) is 0 Å². The molecule has 454 valence electrons. The first-order valence-corrected chi connectivity index (χ1v) is 28.0. The molecule has 6 atom stereocenters. The molecule has 0 aliphatic rings. The third-order valence-corrected chi connectivity index (χ3v) is 12.5. The van der Waals surface area contributed by atoms with Crippen molar-refractivity contribution in [2.75, 3.05) is 11.5 Å². The average molecular weight is 1160 g/mol. The van der Waals surface area contributed by atoms with Gasteiger partial charge in [-0.1, -0.05) is 91.0 Å². The van der Waals surface area contributed by atoms with Crippen LogP contribution in [0.2, 0.25) is 0 Å². The van der Waals surface area contributed by atoms with Crippen LogP contribution in [0.1, 0.15) is 122 Å². The number of nitrogens with zero attached hydrogens (tertiary/aromatic N) is 2. The summed E-state index contributed by atoms with van der Waals surface area (Å²) in [5.74, 6) is -1.75. The van der Waals surface area contributed by atoms with Gasteiger partial charge in [-0.2, -0.15) is 0 Å². The lowest BCUT2D eigenvalue weighted by Crippen LogP contribution is -2.51. The number of nitrogen functional groups attached to an aromatic ring is 2. The van der Waals surface area contributed by atoms with Crippen LogP contribution >= 0.6 is 0 Å². The second-order valence-corrected chi connectivity index (χ2v) is 22.2. The lowest BCUT2D eigenvalue weighted by atomic mass is 10.0. The number of hydrogen-bond donors (Lipinski definition) is 9. The van der Waals surface area contributed by atoms with Crippen LogP contribution in [-0.4, -0.2) is 110 Å². The fourth-order valence-electron chi connectivity index (χ4n) is 7.89. The van der Waals surface area contributed by atoms with Crippen LogP contribution in [0.15, 0.2) is 128 Å². The molecule has 5 rings (SSSR count). The van der Waals surface area contributed by atoms with Crippen molar-refractivity contribution in [3.8, 4) is 0 Å². The van der Waals surface area contributed by atoms with Gasteiger partial charge in [0.05, 0.1) is 18.1 Å². The Morgan fingerprint density at radius 3 is 1.13 bits per heavy atom. The fraction of sp³-hybridized carbons (Fsp3) is 0.429. The molecule has 0 aliphatic carbocycles. The first-order valence-electron chi connectivity index (χ1n) is 28.0. The Hall–Kier alpha value is -8.72. The zero-order chi connectivity index (χ0) is 62.4. The molecule has 84 heavy (non-hydrogen) atoms. The maximum Gasteiger partial charge on any atom is 0.408 e. The van der Waals surface area contributed by atoms with Crippen molar-refractivity contribution in [1.29, 1.82) is 0 Å². The summed E-state index contributed by atoms with van der Waals surface area (Å²) in [5, 5.41) is 21.9. The van der Waals surface area contributed by atoms with Gasteiger partial charge in [-0.15, -0.1) is 0 Å². The minimum Gasteiger partial charge on any atom is -0.480 e. The summed E-state index contributed by atoms with van der Waals surface area (Å²) in [6.07, 6.45) is 6.54. The number of alkyl carbamates (subject to hydrolysis) is 2. The maximum absolute atomic E-state index is 12.9. The molecule has 0 fully saturated rings. The van der Waals surface area contributed by atoms with Crippen LogP contribution in [0.5, 0.6) is 0 Å². The van der Waals surface area contributed by atoms with Gasteiger partial charge in [0.1, 0.15) is 41.0 Å². The Morgan fingerprint density at radius 2 is 0.798 bits per heavy atom. The molecule has 0 aliphatic heterocycles. The van der Waals surface area contributed by atoms with Gasteiger partial charge < -0.3 is 58.4 Å². The lowest BCUT2D eigenvalue weighted by Gasteiger charge is -2.24. The number of hydrogen-bond acceptors (Lipinski definition) is 15. The van der Waals surface area contributed by atoms with Gasteiger partial charge in [-0.25, -0.2) is 19.6 Å². The van der Waals surface area contributed by atoms with Crippen molar-refractivity contribution in [2.45, 2.75) is 174 Å². The number of benzene rings is 3. The van der Waals surface area contributed by atoms with Gasteiger partial charge in [0.2, 0.25) is 17.7 Å². The molecule has 3 aromatic carbocycles. The normalized spacial score (nSPS) is 13.1. The summed E-state index contributed by atoms with van der Waals surface area (Å²) in [4.78, 5) is 105. The van der Waals surface area contributed by atoms with E-state index in [1.54, 1.807) is 86.0 Å². The maximum atomic E-state index is 12.9. The van der Waals surface area contributed by atoms with E-state index in [0.29, 0.717) is 63.0 Å². The first kappa shape index (κ1) is 69.5. The van der Waals surface area contributed by atoms with Gasteiger partial charge in [-0.3, -0.25) is 28.8 Å². The molecule has 2 heterocycles.